The Kier molecular flexibility index (Phi) is 13.4. The van der Waals surface area contributed by atoms with Gasteiger partial charge in [-0.3, -0.25) is 19.3 Å². The Bertz CT molecular complexity index is 379. The number of likely N-dealkylation sites (N-methyl/N-ethyl adjacent to an activating group) is 2. The average molecular weight is 313 g/mol. The molecule has 0 heterocycles. The van der Waals surface area contributed by atoms with Gasteiger partial charge in [-0.25, -0.2) is 0 Å². The van der Waals surface area contributed by atoms with Crippen LogP contribution in [0, 0.1) is 0 Å². The highest BCUT2D eigenvalue weighted by molar-refractivity contribution is 5.87. The molecule has 2 amide bonds. The molecule has 6 nitrogen and oxygen atoms in total. The van der Waals surface area contributed by atoms with Crippen LogP contribution in [0.2, 0.25) is 0 Å². The molecule has 0 aromatic rings. The fourth-order valence-corrected chi connectivity index (χ4v) is 1.49. The monoisotopic (exact) mass is 313 g/mol. The predicted octanol–water partition coefficient (Wildman–Crippen LogP) is 1.07. The molecule has 0 atom stereocenters. The van der Waals surface area contributed by atoms with Gasteiger partial charge in [-0.2, -0.15) is 0 Å². The zero-order chi connectivity index (χ0) is 17.7. The number of carbonyl (C=O) groups excluding carboxylic acids is 3. The van der Waals surface area contributed by atoms with Gasteiger partial charge in [0.15, 0.2) is 5.78 Å². The number of nitrogens with one attached hydrogen (secondary N) is 1. The molecular weight excluding hydrogens is 282 g/mol. The summed E-state index contributed by atoms with van der Waals surface area (Å²) in [5, 5.41) is 2.73. The number of allylic oxidation sites excluding steroid dienone is 1. The lowest BCUT2D eigenvalue weighted by atomic mass is 10.3. The lowest BCUT2D eigenvalue weighted by Gasteiger charge is -2.21. The van der Waals surface area contributed by atoms with Gasteiger partial charge in [-0.05, 0) is 33.9 Å². The standard InChI is InChI=1S/C14H25N3O3.C2H6/c1-11(2)15-13(19)9-17(5)14(20)10-16(4)8-6-7-12(3)18;1-2/h6-7,11H,8-10H2,1-5H3,(H,15,19);1-2H3/b7-6+;. The van der Waals surface area contributed by atoms with Gasteiger partial charge in [-0.15, -0.1) is 0 Å². The SMILES string of the molecule is CC.CC(=O)/C=C/CN(C)CC(=O)N(C)CC(=O)NC(C)C. The van der Waals surface area contributed by atoms with Gasteiger partial charge >= 0.3 is 0 Å². The van der Waals surface area contributed by atoms with Gasteiger partial charge in [0.25, 0.3) is 0 Å². The van der Waals surface area contributed by atoms with E-state index in [-0.39, 0.29) is 36.7 Å². The van der Waals surface area contributed by atoms with E-state index in [0.717, 1.165) is 0 Å². The quantitative estimate of drug-likeness (QED) is 0.681. The topological polar surface area (TPSA) is 69.7 Å². The third kappa shape index (κ3) is 13.3. The highest BCUT2D eigenvalue weighted by atomic mass is 16.2. The smallest absolute Gasteiger partial charge is 0.239 e. The first-order valence-electron chi connectivity index (χ1n) is 7.61. The van der Waals surface area contributed by atoms with E-state index in [9.17, 15) is 14.4 Å². The van der Waals surface area contributed by atoms with Crippen LogP contribution in [0.1, 0.15) is 34.6 Å². The van der Waals surface area contributed by atoms with Gasteiger partial charge in [0.05, 0.1) is 13.1 Å². The average Bonchev–Trinajstić information content (AvgIpc) is 2.39. The van der Waals surface area contributed by atoms with Crippen LogP contribution >= 0.6 is 0 Å². The number of nitrogens with zero attached hydrogens (tertiary/aromatic N) is 2. The molecular formula is C16H31N3O3. The van der Waals surface area contributed by atoms with E-state index < -0.39 is 0 Å². The summed E-state index contributed by atoms with van der Waals surface area (Å²) in [4.78, 5) is 37.3. The second-order valence-corrected chi connectivity index (χ2v) is 5.18. The Labute approximate surface area is 134 Å². The van der Waals surface area contributed by atoms with Gasteiger partial charge in [0.1, 0.15) is 0 Å². The molecule has 0 fully saturated rings. The van der Waals surface area contributed by atoms with Crippen molar-refractivity contribution in [2.45, 2.75) is 40.7 Å². The van der Waals surface area contributed by atoms with Gasteiger partial charge in [0.2, 0.25) is 11.8 Å². The molecule has 0 spiro atoms. The zero-order valence-electron chi connectivity index (χ0n) is 15.0. The zero-order valence-corrected chi connectivity index (χ0v) is 15.0. The molecule has 0 aliphatic heterocycles. The van der Waals surface area contributed by atoms with Crippen molar-refractivity contribution in [1.29, 1.82) is 0 Å². The Hall–Kier alpha value is -1.69. The second kappa shape index (κ2) is 13.0. The Morgan fingerprint density at radius 2 is 1.64 bits per heavy atom. The molecule has 0 aromatic heterocycles. The van der Waals surface area contributed by atoms with Gasteiger partial charge in [0, 0.05) is 19.6 Å². The van der Waals surface area contributed by atoms with Crippen molar-refractivity contribution in [1.82, 2.24) is 15.1 Å². The van der Waals surface area contributed by atoms with E-state index in [1.807, 2.05) is 27.7 Å². The van der Waals surface area contributed by atoms with E-state index in [2.05, 4.69) is 5.32 Å². The maximum Gasteiger partial charge on any atom is 0.239 e. The molecule has 0 unspecified atom stereocenters. The summed E-state index contributed by atoms with van der Waals surface area (Å²) in [6, 6.07) is 0.0605. The number of carbonyl (C=O) groups is 3. The van der Waals surface area contributed by atoms with Gasteiger partial charge < -0.3 is 10.2 Å². The van der Waals surface area contributed by atoms with Crippen LogP contribution < -0.4 is 5.32 Å². The highest BCUT2D eigenvalue weighted by Gasteiger charge is 2.14. The third-order valence-electron chi connectivity index (χ3n) is 2.43. The van der Waals surface area contributed by atoms with Crippen LogP contribution in [0.3, 0.4) is 0 Å². The Morgan fingerprint density at radius 3 is 2.09 bits per heavy atom. The van der Waals surface area contributed by atoms with Crippen LogP contribution in [-0.4, -0.2) is 67.2 Å². The summed E-state index contributed by atoms with van der Waals surface area (Å²) in [5.74, 6) is -0.329. The van der Waals surface area contributed by atoms with Crippen molar-refractivity contribution in [3.63, 3.8) is 0 Å². The molecule has 6 heteroatoms. The minimum Gasteiger partial charge on any atom is -0.352 e. The molecule has 0 saturated carbocycles. The van der Waals surface area contributed by atoms with Crippen LogP contribution in [0.4, 0.5) is 0 Å². The Morgan fingerprint density at radius 1 is 1.09 bits per heavy atom. The van der Waals surface area contributed by atoms with Crippen molar-refractivity contribution in [3.05, 3.63) is 12.2 Å². The van der Waals surface area contributed by atoms with Crippen LogP contribution in [-0.2, 0) is 14.4 Å². The number of amides is 2. The lowest BCUT2D eigenvalue weighted by molar-refractivity contribution is -0.135. The van der Waals surface area contributed by atoms with E-state index in [1.165, 1.54) is 17.9 Å². The first-order chi connectivity index (χ1) is 10.2. The van der Waals surface area contributed by atoms with Crippen molar-refractivity contribution < 1.29 is 14.4 Å². The number of hydrogen-bond acceptors (Lipinski definition) is 4. The minimum absolute atomic E-state index is 0.0211. The number of hydrogen-bond donors (Lipinski definition) is 1. The summed E-state index contributed by atoms with van der Waals surface area (Å²) in [6.45, 7) is 9.98. The molecule has 1 N–H and O–H groups in total. The maximum atomic E-state index is 11.9. The van der Waals surface area contributed by atoms with E-state index >= 15 is 0 Å². The molecule has 0 saturated heterocycles. The highest BCUT2D eigenvalue weighted by Crippen LogP contribution is 1.91. The van der Waals surface area contributed by atoms with Gasteiger partial charge in [-0.1, -0.05) is 19.9 Å². The number of ketones is 1. The van der Waals surface area contributed by atoms with Crippen LogP contribution in [0.15, 0.2) is 12.2 Å². The summed E-state index contributed by atoms with van der Waals surface area (Å²) in [7, 11) is 3.38. The van der Waals surface area contributed by atoms with Crippen molar-refractivity contribution >= 4 is 17.6 Å². The summed E-state index contributed by atoms with van der Waals surface area (Å²) in [6.07, 6.45) is 3.18. The molecule has 0 aromatic carbocycles. The molecule has 0 rings (SSSR count). The fraction of sp³-hybridized carbons (Fsp3) is 0.688. The van der Waals surface area contributed by atoms with Crippen molar-refractivity contribution in [2.75, 3.05) is 33.7 Å². The first kappa shape index (κ1) is 22.6. The van der Waals surface area contributed by atoms with E-state index in [4.69, 9.17) is 0 Å². The summed E-state index contributed by atoms with van der Waals surface area (Å²) < 4.78 is 0. The summed E-state index contributed by atoms with van der Waals surface area (Å²) in [5.41, 5.74) is 0. The van der Waals surface area contributed by atoms with Crippen molar-refractivity contribution in [3.8, 4) is 0 Å². The summed E-state index contributed by atoms with van der Waals surface area (Å²) >= 11 is 0. The predicted molar refractivity (Wildman–Crippen MR) is 89.6 cm³/mol. The normalized spacial score (nSPS) is 10.4. The second-order valence-electron chi connectivity index (χ2n) is 5.18. The molecule has 22 heavy (non-hydrogen) atoms. The maximum absolute atomic E-state index is 11.9. The lowest BCUT2D eigenvalue weighted by Crippen LogP contribution is -2.43. The fourth-order valence-electron chi connectivity index (χ4n) is 1.49. The van der Waals surface area contributed by atoms with Crippen LogP contribution in [0.25, 0.3) is 0 Å². The van der Waals surface area contributed by atoms with E-state index in [1.54, 1.807) is 25.1 Å². The van der Waals surface area contributed by atoms with Crippen LogP contribution in [0.5, 0.6) is 0 Å². The minimum atomic E-state index is -0.171. The molecule has 0 radical (unpaired) electrons. The van der Waals surface area contributed by atoms with Crippen molar-refractivity contribution in [2.24, 2.45) is 0 Å². The molecule has 0 aliphatic rings. The van der Waals surface area contributed by atoms with E-state index in [0.29, 0.717) is 6.54 Å². The molecule has 0 aliphatic carbocycles. The molecule has 0 bridgehead atoms. The first-order valence-corrected chi connectivity index (χ1v) is 7.61. The third-order valence-corrected chi connectivity index (χ3v) is 2.43. The molecule has 128 valence electrons. The number of rotatable bonds is 8. The largest absolute Gasteiger partial charge is 0.352 e. The Balaban J connectivity index is 0.